The van der Waals surface area contributed by atoms with Gasteiger partial charge in [0.15, 0.2) is 0 Å². The maximum atomic E-state index is 8.62. The van der Waals surface area contributed by atoms with Gasteiger partial charge in [0.2, 0.25) is 0 Å². The monoisotopic (exact) mass is 322 g/mol. The van der Waals surface area contributed by atoms with Crippen LogP contribution in [0.5, 0.6) is 0 Å². The summed E-state index contributed by atoms with van der Waals surface area (Å²) in [4.78, 5) is 4.16. The van der Waals surface area contributed by atoms with Gasteiger partial charge >= 0.3 is 0 Å². The van der Waals surface area contributed by atoms with Gasteiger partial charge in [-0.2, -0.15) is 5.26 Å². The summed E-state index contributed by atoms with van der Waals surface area (Å²) in [6.07, 6.45) is 0. The van der Waals surface area contributed by atoms with Gasteiger partial charge in [-0.1, -0.05) is 0 Å². The standard InChI is InChI=1S/C7H4BrIN2/c1-4-6(8)2-5(3-10)7(9)11-4/h2H,1H3. The molecular formula is C7H4BrIN2. The lowest BCUT2D eigenvalue weighted by Crippen LogP contribution is -1.91. The molecule has 0 fully saturated rings. The van der Waals surface area contributed by atoms with Crippen molar-refractivity contribution >= 4 is 38.5 Å². The molecule has 0 saturated carbocycles. The average molecular weight is 323 g/mol. The average Bonchev–Trinajstić information content (AvgIpc) is 1.97. The van der Waals surface area contributed by atoms with Crippen LogP contribution in [0.3, 0.4) is 0 Å². The van der Waals surface area contributed by atoms with Crippen molar-refractivity contribution in [2.75, 3.05) is 0 Å². The Morgan fingerprint density at radius 2 is 2.36 bits per heavy atom. The highest BCUT2D eigenvalue weighted by molar-refractivity contribution is 14.1. The Hall–Kier alpha value is -0.150. The first-order chi connectivity index (χ1) is 5.15. The highest BCUT2D eigenvalue weighted by atomic mass is 127. The Labute approximate surface area is 86.9 Å². The summed E-state index contributed by atoms with van der Waals surface area (Å²) in [7, 11) is 0. The number of halogens is 2. The summed E-state index contributed by atoms with van der Waals surface area (Å²) in [5.41, 5.74) is 1.52. The quantitative estimate of drug-likeness (QED) is 0.544. The molecule has 56 valence electrons. The van der Waals surface area contributed by atoms with Crippen molar-refractivity contribution in [2.45, 2.75) is 6.92 Å². The van der Waals surface area contributed by atoms with E-state index in [-0.39, 0.29) is 0 Å². The summed E-state index contributed by atoms with van der Waals surface area (Å²) < 4.78 is 1.64. The van der Waals surface area contributed by atoms with E-state index in [1.54, 1.807) is 6.07 Å². The number of aryl methyl sites for hydroxylation is 1. The third-order valence-corrected chi connectivity index (χ3v) is 2.85. The number of pyridine rings is 1. The first-order valence-corrected chi connectivity index (χ1v) is 4.75. The lowest BCUT2D eigenvalue weighted by atomic mass is 10.3. The predicted octanol–water partition coefficient (Wildman–Crippen LogP) is 2.63. The third kappa shape index (κ3) is 1.91. The number of hydrogen-bond donors (Lipinski definition) is 0. The second-order valence-electron chi connectivity index (χ2n) is 2.01. The third-order valence-electron chi connectivity index (χ3n) is 1.23. The van der Waals surface area contributed by atoms with Crippen molar-refractivity contribution in [2.24, 2.45) is 0 Å². The van der Waals surface area contributed by atoms with Crippen LogP contribution in [0.15, 0.2) is 10.5 Å². The maximum absolute atomic E-state index is 8.62. The van der Waals surface area contributed by atoms with Crippen LogP contribution >= 0.6 is 38.5 Å². The fourth-order valence-corrected chi connectivity index (χ4v) is 1.59. The fraction of sp³-hybridized carbons (Fsp3) is 0.143. The van der Waals surface area contributed by atoms with Crippen LogP contribution in [0.25, 0.3) is 0 Å². The van der Waals surface area contributed by atoms with E-state index in [9.17, 15) is 0 Å². The number of nitrogens with zero attached hydrogens (tertiary/aromatic N) is 2. The Morgan fingerprint density at radius 3 is 2.91 bits per heavy atom. The largest absolute Gasteiger partial charge is 0.245 e. The molecule has 0 spiro atoms. The molecular weight excluding hydrogens is 319 g/mol. The zero-order valence-electron chi connectivity index (χ0n) is 5.73. The van der Waals surface area contributed by atoms with E-state index in [1.807, 2.05) is 29.5 Å². The summed E-state index contributed by atoms with van der Waals surface area (Å²) in [5.74, 6) is 0. The Kier molecular flexibility index (Phi) is 2.84. The van der Waals surface area contributed by atoms with E-state index in [2.05, 4.69) is 27.0 Å². The molecule has 1 aromatic rings. The van der Waals surface area contributed by atoms with Crippen LogP contribution in [0.2, 0.25) is 0 Å². The first-order valence-electron chi connectivity index (χ1n) is 2.88. The van der Waals surface area contributed by atoms with Gasteiger partial charge in [0.25, 0.3) is 0 Å². The molecule has 0 bridgehead atoms. The van der Waals surface area contributed by atoms with Crippen LogP contribution in [-0.4, -0.2) is 4.98 Å². The molecule has 0 aliphatic rings. The molecule has 0 N–H and O–H groups in total. The van der Waals surface area contributed by atoms with Crippen LogP contribution < -0.4 is 0 Å². The SMILES string of the molecule is Cc1nc(I)c(C#N)cc1Br. The number of hydrogen-bond acceptors (Lipinski definition) is 2. The molecule has 0 amide bonds. The molecule has 4 heteroatoms. The molecule has 0 atom stereocenters. The van der Waals surface area contributed by atoms with Crippen molar-refractivity contribution in [3.05, 3.63) is 25.5 Å². The van der Waals surface area contributed by atoms with Crippen molar-refractivity contribution < 1.29 is 0 Å². The van der Waals surface area contributed by atoms with Gasteiger partial charge < -0.3 is 0 Å². The summed E-state index contributed by atoms with van der Waals surface area (Å²) in [6, 6.07) is 3.85. The molecule has 0 aliphatic carbocycles. The lowest BCUT2D eigenvalue weighted by molar-refractivity contribution is 1.13. The van der Waals surface area contributed by atoms with Gasteiger partial charge in [-0.3, -0.25) is 0 Å². The van der Waals surface area contributed by atoms with Gasteiger partial charge in [-0.15, -0.1) is 0 Å². The van der Waals surface area contributed by atoms with Crippen LogP contribution in [0.4, 0.5) is 0 Å². The molecule has 0 aliphatic heterocycles. The van der Waals surface area contributed by atoms with E-state index in [4.69, 9.17) is 5.26 Å². The Balaban J connectivity index is 3.35. The van der Waals surface area contributed by atoms with Gasteiger partial charge in [0.05, 0.1) is 11.3 Å². The minimum absolute atomic E-state index is 0.614. The minimum atomic E-state index is 0.614. The van der Waals surface area contributed by atoms with Gasteiger partial charge in [-0.25, -0.2) is 4.98 Å². The van der Waals surface area contributed by atoms with E-state index < -0.39 is 0 Å². The zero-order chi connectivity index (χ0) is 8.43. The van der Waals surface area contributed by atoms with Crippen LogP contribution in [0, 0.1) is 22.0 Å². The van der Waals surface area contributed by atoms with E-state index in [1.165, 1.54) is 0 Å². The topological polar surface area (TPSA) is 36.7 Å². The number of rotatable bonds is 0. The summed E-state index contributed by atoms with van der Waals surface area (Å²) in [5, 5.41) is 8.62. The molecule has 1 aromatic heterocycles. The Bertz CT molecular complexity index is 330. The molecule has 0 unspecified atom stereocenters. The van der Waals surface area contributed by atoms with Crippen LogP contribution in [0.1, 0.15) is 11.3 Å². The molecule has 1 heterocycles. The smallest absolute Gasteiger partial charge is 0.119 e. The van der Waals surface area contributed by atoms with Crippen molar-refractivity contribution in [3.8, 4) is 6.07 Å². The highest BCUT2D eigenvalue weighted by Crippen LogP contribution is 2.18. The highest BCUT2D eigenvalue weighted by Gasteiger charge is 2.03. The summed E-state index contributed by atoms with van der Waals surface area (Å²) >= 11 is 5.35. The van der Waals surface area contributed by atoms with Gasteiger partial charge in [-0.05, 0) is 51.5 Å². The lowest BCUT2D eigenvalue weighted by Gasteiger charge is -1.98. The number of aromatic nitrogens is 1. The van der Waals surface area contributed by atoms with Crippen molar-refractivity contribution in [1.82, 2.24) is 4.98 Å². The number of nitriles is 1. The molecule has 0 radical (unpaired) electrons. The molecule has 11 heavy (non-hydrogen) atoms. The van der Waals surface area contributed by atoms with Gasteiger partial charge in [0.1, 0.15) is 9.77 Å². The molecule has 0 saturated heterocycles. The predicted molar refractivity (Wildman–Crippen MR) is 54.1 cm³/mol. The normalized spacial score (nSPS) is 9.27. The van der Waals surface area contributed by atoms with E-state index in [0.717, 1.165) is 13.9 Å². The molecule has 1 rings (SSSR count). The molecule has 0 aromatic carbocycles. The first kappa shape index (κ1) is 8.94. The van der Waals surface area contributed by atoms with E-state index >= 15 is 0 Å². The molecule has 2 nitrogen and oxygen atoms in total. The zero-order valence-corrected chi connectivity index (χ0v) is 9.47. The maximum Gasteiger partial charge on any atom is 0.119 e. The van der Waals surface area contributed by atoms with Gasteiger partial charge in [0, 0.05) is 4.47 Å². The van der Waals surface area contributed by atoms with Crippen molar-refractivity contribution in [1.29, 1.82) is 5.26 Å². The Morgan fingerprint density at radius 1 is 1.73 bits per heavy atom. The van der Waals surface area contributed by atoms with E-state index in [0.29, 0.717) is 5.56 Å². The second-order valence-corrected chi connectivity index (χ2v) is 3.88. The summed E-state index contributed by atoms with van der Waals surface area (Å²) in [6.45, 7) is 1.90. The van der Waals surface area contributed by atoms with Crippen LogP contribution in [-0.2, 0) is 0 Å². The van der Waals surface area contributed by atoms with Crippen molar-refractivity contribution in [3.63, 3.8) is 0 Å². The minimum Gasteiger partial charge on any atom is -0.245 e. The fourth-order valence-electron chi connectivity index (χ4n) is 0.630. The second kappa shape index (κ2) is 3.50.